The monoisotopic (exact) mass is 550 g/mol. The number of esters is 1. The number of carbonyl (C=O) groups is 1. The molecule has 0 bridgehead atoms. The summed E-state index contributed by atoms with van der Waals surface area (Å²) >= 11 is 12.0. The summed E-state index contributed by atoms with van der Waals surface area (Å²) in [5.74, 6) is -1.55. The largest absolute Gasteiger partial charge is 0.505 e. The third kappa shape index (κ3) is 6.72. The van der Waals surface area contributed by atoms with Crippen molar-refractivity contribution in [3.63, 3.8) is 0 Å². The van der Waals surface area contributed by atoms with Crippen LogP contribution in [0.3, 0.4) is 0 Å². The predicted molar refractivity (Wildman–Crippen MR) is 141 cm³/mol. The van der Waals surface area contributed by atoms with Gasteiger partial charge in [-0.1, -0.05) is 59.6 Å². The molecule has 0 radical (unpaired) electrons. The van der Waals surface area contributed by atoms with Crippen LogP contribution in [-0.2, 0) is 25.1 Å². The summed E-state index contributed by atoms with van der Waals surface area (Å²) in [6, 6.07) is 16.9. The topological polar surface area (TPSA) is 89.9 Å². The van der Waals surface area contributed by atoms with E-state index in [1.807, 2.05) is 30.3 Å². The van der Waals surface area contributed by atoms with Crippen LogP contribution in [0.2, 0.25) is 10.0 Å². The van der Waals surface area contributed by atoms with Gasteiger partial charge in [0.25, 0.3) is 0 Å². The lowest BCUT2D eigenvalue weighted by Crippen LogP contribution is -2.43. The Morgan fingerprint density at radius 1 is 0.917 bits per heavy atom. The molecule has 9 heteroatoms. The number of hydrogen-bond donors (Lipinski definition) is 1. The van der Waals surface area contributed by atoms with Crippen LogP contribution in [0.5, 0.6) is 11.5 Å². The van der Waals surface area contributed by atoms with E-state index in [0.29, 0.717) is 0 Å². The Morgan fingerprint density at radius 2 is 1.56 bits per heavy atom. The summed E-state index contributed by atoms with van der Waals surface area (Å²) in [4.78, 5) is 12.4. The second-order valence-corrected chi connectivity index (χ2v) is 12.6. The van der Waals surface area contributed by atoms with E-state index in [4.69, 9.17) is 32.7 Å². The molecule has 0 saturated carbocycles. The van der Waals surface area contributed by atoms with Crippen LogP contribution in [0.1, 0.15) is 40.2 Å². The van der Waals surface area contributed by atoms with Crippen molar-refractivity contribution in [3.8, 4) is 22.6 Å². The molecule has 192 valence electrons. The van der Waals surface area contributed by atoms with E-state index in [-0.39, 0.29) is 21.4 Å². The molecule has 6 nitrogen and oxygen atoms in total. The molecule has 0 aliphatic carbocycles. The molecular weight excluding hydrogens is 523 g/mol. The number of aromatic hydroxyl groups is 1. The summed E-state index contributed by atoms with van der Waals surface area (Å²) in [5, 5.41) is 10.2. The lowest BCUT2D eigenvalue weighted by molar-refractivity contribution is -0.170. The Hall–Kier alpha value is -2.74. The second kappa shape index (κ2) is 10.3. The molecule has 0 amide bonds. The standard InChI is InChI=1S/C27H28Cl2O6S/c1-26(2,3)35-25(31)27(4,5)34-22-12-11-18(17-9-7-6-8-10-17)13-19(22)16-36(32,33)23-15-20(28)14-21(29)24(23)30/h6-15,30H,16H2,1-5H3. The summed E-state index contributed by atoms with van der Waals surface area (Å²) in [6.07, 6.45) is 0. The molecule has 0 spiro atoms. The van der Waals surface area contributed by atoms with Gasteiger partial charge in [0.05, 0.1) is 10.8 Å². The first-order chi connectivity index (χ1) is 16.6. The molecule has 0 saturated heterocycles. The van der Waals surface area contributed by atoms with Gasteiger partial charge in [-0.2, -0.15) is 0 Å². The van der Waals surface area contributed by atoms with Crippen LogP contribution in [0.25, 0.3) is 11.1 Å². The Kier molecular flexibility index (Phi) is 7.98. The summed E-state index contributed by atoms with van der Waals surface area (Å²) in [7, 11) is -4.13. The zero-order chi connectivity index (χ0) is 26.9. The zero-order valence-corrected chi connectivity index (χ0v) is 23.0. The van der Waals surface area contributed by atoms with Crippen LogP contribution in [0.4, 0.5) is 0 Å². The van der Waals surface area contributed by atoms with E-state index >= 15 is 0 Å². The van der Waals surface area contributed by atoms with E-state index in [9.17, 15) is 18.3 Å². The minimum atomic E-state index is -4.13. The molecule has 0 heterocycles. The predicted octanol–water partition coefficient (Wildman–Crippen LogP) is 6.84. The third-order valence-electron chi connectivity index (χ3n) is 5.10. The van der Waals surface area contributed by atoms with E-state index in [1.165, 1.54) is 6.07 Å². The van der Waals surface area contributed by atoms with Crippen LogP contribution >= 0.6 is 23.2 Å². The summed E-state index contributed by atoms with van der Waals surface area (Å²) in [6.45, 7) is 8.34. The summed E-state index contributed by atoms with van der Waals surface area (Å²) in [5.41, 5.74) is -0.255. The van der Waals surface area contributed by atoms with Crippen molar-refractivity contribution in [1.29, 1.82) is 0 Å². The van der Waals surface area contributed by atoms with E-state index in [1.54, 1.807) is 52.8 Å². The molecule has 3 rings (SSSR count). The molecule has 3 aromatic rings. The Labute approximate surface area is 221 Å². The minimum absolute atomic E-state index is 0.0666. The van der Waals surface area contributed by atoms with Gasteiger partial charge in [0.2, 0.25) is 0 Å². The van der Waals surface area contributed by atoms with Crippen molar-refractivity contribution < 1.29 is 27.8 Å². The number of rotatable bonds is 7. The van der Waals surface area contributed by atoms with Gasteiger partial charge in [0, 0.05) is 10.6 Å². The van der Waals surface area contributed by atoms with Crippen LogP contribution in [0, 0.1) is 0 Å². The van der Waals surface area contributed by atoms with Gasteiger partial charge in [-0.15, -0.1) is 0 Å². The van der Waals surface area contributed by atoms with Crippen LogP contribution in [0.15, 0.2) is 65.6 Å². The van der Waals surface area contributed by atoms with Crippen molar-refractivity contribution >= 4 is 39.0 Å². The Balaban J connectivity index is 2.08. The number of hydrogen-bond acceptors (Lipinski definition) is 6. The van der Waals surface area contributed by atoms with Crippen molar-refractivity contribution in [1.82, 2.24) is 0 Å². The highest BCUT2D eigenvalue weighted by molar-refractivity contribution is 7.90. The highest BCUT2D eigenvalue weighted by atomic mass is 35.5. The second-order valence-electron chi connectivity index (χ2n) is 9.80. The lowest BCUT2D eigenvalue weighted by atomic mass is 10.0. The number of phenolic OH excluding ortho intramolecular Hbond substituents is 1. The molecule has 3 aromatic carbocycles. The first kappa shape index (κ1) is 27.8. The van der Waals surface area contributed by atoms with Crippen LogP contribution in [-0.4, -0.2) is 30.7 Å². The van der Waals surface area contributed by atoms with Gasteiger partial charge < -0.3 is 14.6 Å². The van der Waals surface area contributed by atoms with Gasteiger partial charge in [0.1, 0.15) is 16.2 Å². The number of phenols is 1. The molecular formula is C27H28Cl2O6S. The van der Waals surface area contributed by atoms with E-state index < -0.39 is 43.4 Å². The maximum Gasteiger partial charge on any atom is 0.350 e. The minimum Gasteiger partial charge on any atom is -0.505 e. The van der Waals surface area contributed by atoms with Crippen molar-refractivity contribution in [3.05, 3.63) is 76.3 Å². The molecule has 0 unspecified atom stereocenters. The fraction of sp³-hybridized carbons (Fsp3) is 0.296. The lowest BCUT2D eigenvalue weighted by Gasteiger charge is -2.30. The van der Waals surface area contributed by atoms with Gasteiger partial charge in [-0.05, 0) is 70.0 Å². The average molecular weight is 551 g/mol. The van der Waals surface area contributed by atoms with Gasteiger partial charge in [-0.25, -0.2) is 13.2 Å². The maximum atomic E-state index is 13.4. The molecule has 36 heavy (non-hydrogen) atoms. The van der Waals surface area contributed by atoms with Crippen molar-refractivity contribution in [2.24, 2.45) is 0 Å². The molecule has 0 aromatic heterocycles. The molecule has 1 N–H and O–H groups in total. The highest BCUT2D eigenvalue weighted by Gasteiger charge is 2.36. The molecule has 0 fully saturated rings. The Morgan fingerprint density at radius 3 is 2.17 bits per heavy atom. The SMILES string of the molecule is CC(C)(C)OC(=O)C(C)(C)Oc1ccc(-c2ccccc2)cc1CS(=O)(=O)c1cc(Cl)cc(Cl)c1O. The smallest absolute Gasteiger partial charge is 0.350 e. The first-order valence-corrected chi connectivity index (χ1v) is 13.5. The van der Waals surface area contributed by atoms with Crippen LogP contribution < -0.4 is 4.74 Å². The van der Waals surface area contributed by atoms with Crippen molar-refractivity contribution in [2.75, 3.05) is 0 Å². The fourth-order valence-corrected chi connectivity index (χ4v) is 5.50. The third-order valence-corrected chi connectivity index (χ3v) is 7.28. The molecule has 0 atom stereocenters. The summed E-state index contributed by atoms with van der Waals surface area (Å²) < 4.78 is 38.3. The van der Waals surface area contributed by atoms with Gasteiger partial charge in [0.15, 0.2) is 21.2 Å². The maximum absolute atomic E-state index is 13.4. The first-order valence-electron chi connectivity index (χ1n) is 11.1. The fourth-order valence-electron chi connectivity index (χ4n) is 3.38. The number of benzene rings is 3. The molecule has 0 aliphatic rings. The van der Waals surface area contributed by atoms with Crippen molar-refractivity contribution in [2.45, 2.75) is 56.5 Å². The number of halogens is 2. The number of sulfone groups is 1. The Bertz CT molecular complexity index is 1380. The average Bonchev–Trinajstić information content (AvgIpc) is 2.76. The van der Waals surface area contributed by atoms with E-state index in [0.717, 1.165) is 17.2 Å². The number of ether oxygens (including phenoxy) is 2. The quantitative estimate of drug-likeness (QED) is 0.324. The van der Waals surface area contributed by atoms with Gasteiger partial charge >= 0.3 is 5.97 Å². The number of carbonyl (C=O) groups excluding carboxylic acids is 1. The highest BCUT2D eigenvalue weighted by Crippen LogP contribution is 2.38. The van der Waals surface area contributed by atoms with Gasteiger partial charge in [-0.3, -0.25) is 0 Å². The molecule has 0 aliphatic heterocycles. The zero-order valence-electron chi connectivity index (χ0n) is 20.6. The van der Waals surface area contributed by atoms with E-state index in [2.05, 4.69) is 0 Å². The normalized spacial score (nSPS) is 12.3.